The Labute approximate surface area is 180 Å². The molecule has 148 valence electrons. The van der Waals surface area contributed by atoms with E-state index in [1.54, 1.807) is 0 Å². The summed E-state index contributed by atoms with van der Waals surface area (Å²) in [6.07, 6.45) is 6.99. The van der Waals surface area contributed by atoms with E-state index in [0.717, 1.165) is 16.7 Å². The zero-order valence-corrected chi connectivity index (χ0v) is 17.2. The molecule has 7 rings (SSSR count). The summed E-state index contributed by atoms with van der Waals surface area (Å²) in [6, 6.07) is 28.1. The van der Waals surface area contributed by atoms with Crippen LogP contribution < -0.4 is 5.32 Å². The van der Waals surface area contributed by atoms with E-state index in [0.29, 0.717) is 0 Å². The first-order valence-electron chi connectivity index (χ1n) is 10.8. The number of nitrogens with one attached hydrogen (secondary N) is 1. The van der Waals surface area contributed by atoms with Crippen molar-refractivity contribution in [1.82, 2.24) is 0 Å². The summed E-state index contributed by atoms with van der Waals surface area (Å²) in [6.45, 7) is 2.35. The van der Waals surface area contributed by atoms with Gasteiger partial charge < -0.3 is 9.73 Å². The van der Waals surface area contributed by atoms with Crippen LogP contribution in [-0.4, -0.2) is 6.04 Å². The molecule has 5 aromatic rings. The van der Waals surface area contributed by atoms with Crippen LogP contribution in [0, 0.1) is 0 Å². The Balaban J connectivity index is 1.48. The van der Waals surface area contributed by atoms with Gasteiger partial charge in [0.2, 0.25) is 0 Å². The lowest BCUT2D eigenvalue weighted by atomic mass is 9.72. The van der Waals surface area contributed by atoms with Crippen LogP contribution in [0.15, 0.2) is 102 Å². The maximum absolute atomic E-state index is 6.33. The van der Waals surface area contributed by atoms with Crippen LogP contribution in [0.4, 0.5) is 5.69 Å². The third-order valence-electron chi connectivity index (χ3n) is 7.06. The van der Waals surface area contributed by atoms with Crippen molar-refractivity contribution < 1.29 is 4.42 Å². The fourth-order valence-electron chi connectivity index (χ4n) is 5.57. The minimum atomic E-state index is -0.130. The molecule has 0 bridgehead atoms. The zero-order chi connectivity index (χ0) is 20.6. The molecule has 1 N–H and O–H groups in total. The Bertz CT molecular complexity index is 1590. The summed E-state index contributed by atoms with van der Waals surface area (Å²) in [5.41, 5.74) is 6.75. The highest BCUT2D eigenvalue weighted by molar-refractivity contribution is 6.09. The number of hydrogen-bond acceptors (Lipinski definition) is 2. The number of hydrogen-bond donors (Lipinski definition) is 1. The number of rotatable bonds is 1. The average Bonchev–Trinajstić information content (AvgIpc) is 3.33. The lowest BCUT2D eigenvalue weighted by Crippen LogP contribution is -2.34. The van der Waals surface area contributed by atoms with E-state index in [-0.39, 0.29) is 11.5 Å². The van der Waals surface area contributed by atoms with Gasteiger partial charge in [-0.1, -0.05) is 85.0 Å². The van der Waals surface area contributed by atoms with Gasteiger partial charge in [0, 0.05) is 27.4 Å². The van der Waals surface area contributed by atoms with Gasteiger partial charge in [0.25, 0.3) is 0 Å². The van der Waals surface area contributed by atoms with Crippen molar-refractivity contribution in [2.45, 2.75) is 18.4 Å². The summed E-state index contributed by atoms with van der Waals surface area (Å²) in [5, 5.41) is 8.70. The minimum absolute atomic E-state index is 0.130. The smallest absolute Gasteiger partial charge is 0.143 e. The highest BCUT2D eigenvalue weighted by Gasteiger charge is 2.43. The van der Waals surface area contributed by atoms with Crippen LogP contribution in [-0.2, 0) is 5.41 Å². The summed E-state index contributed by atoms with van der Waals surface area (Å²) in [7, 11) is 0. The van der Waals surface area contributed by atoms with Crippen LogP contribution in [0.1, 0.15) is 18.1 Å². The quantitative estimate of drug-likeness (QED) is 0.317. The van der Waals surface area contributed by atoms with Gasteiger partial charge in [-0.2, -0.15) is 0 Å². The molecule has 2 unspecified atom stereocenters. The number of furan rings is 1. The standard InChI is InChI=1S/C29H21NO/c1-29-17-19(21-10-6-11-23-22-9-4-5-12-25(22)31-28(21)23)14-16-26(29)30-24-15-13-18-7-2-3-8-20(18)27(24)29/h2-17,26,30H,1H3. The minimum Gasteiger partial charge on any atom is -0.455 e. The molecule has 2 aliphatic rings. The molecule has 0 saturated carbocycles. The van der Waals surface area contributed by atoms with Crippen LogP contribution >= 0.6 is 0 Å². The Kier molecular flexibility index (Phi) is 3.22. The number of para-hydroxylation sites is 2. The van der Waals surface area contributed by atoms with Gasteiger partial charge in [-0.05, 0) is 41.0 Å². The van der Waals surface area contributed by atoms with Crippen molar-refractivity contribution >= 4 is 44.0 Å². The SMILES string of the molecule is CC12C=C(c3cccc4c3oc3ccccc34)C=CC1Nc1ccc3ccccc3c12. The highest BCUT2D eigenvalue weighted by atomic mass is 16.3. The molecular weight excluding hydrogens is 378 g/mol. The average molecular weight is 399 g/mol. The van der Waals surface area contributed by atoms with Gasteiger partial charge in [-0.3, -0.25) is 0 Å². The third-order valence-corrected chi connectivity index (χ3v) is 7.06. The topological polar surface area (TPSA) is 25.2 Å². The van der Waals surface area contributed by atoms with Crippen molar-refractivity contribution in [2.75, 3.05) is 5.32 Å². The molecule has 2 nitrogen and oxygen atoms in total. The first kappa shape index (κ1) is 17.0. The second-order valence-electron chi connectivity index (χ2n) is 8.85. The Morgan fingerprint density at radius 1 is 0.806 bits per heavy atom. The molecular formula is C29H21NO. The van der Waals surface area contributed by atoms with Gasteiger partial charge in [0.05, 0.1) is 6.04 Å². The lowest BCUT2D eigenvalue weighted by molar-refractivity contribution is 0.585. The van der Waals surface area contributed by atoms with Crippen molar-refractivity contribution in [3.05, 3.63) is 108 Å². The van der Waals surface area contributed by atoms with E-state index in [2.05, 4.69) is 97.2 Å². The summed E-state index contributed by atoms with van der Waals surface area (Å²) < 4.78 is 6.33. The maximum Gasteiger partial charge on any atom is 0.143 e. The molecule has 0 amide bonds. The van der Waals surface area contributed by atoms with Crippen LogP contribution in [0.2, 0.25) is 0 Å². The van der Waals surface area contributed by atoms with Crippen molar-refractivity contribution in [3.8, 4) is 0 Å². The predicted octanol–water partition coefficient (Wildman–Crippen LogP) is 7.44. The molecule has 0 spiro atoms. The second-order valence-corrected chi connectivity index (χ2v) is 8.85. The number of fused-ring (bicyclic) bond motifs is 8. The van der Waals surface area contributed by atoms with Gasteiger partial charge in [-0.25, -0.2) is 0 Å². The number of anilines is 1. The molecule has 4 aromatic carbocycles. The second kappa shape index (κ2) is 5.89. The van der Waals surface area contributed by atoms with E-state index >= 15 is 0 Å². The van der Waals surface area contributed by atoms with Crippen molar-refractivity contribution in [3.63, 3.8) is 0 Å². The highest BCUT2D eigenvalue weighted by Crippen LogP contribution is 2.50. The molecule has 0 saturated heterocycles. The van der Waals surface area contributed by atoms with Crippen LogP contribution in [0.5, 0.6) is 0 Å². The van der Waals surface area contributed by atoms with Crippen LogP contribution in [0.25, 0.3) is 38.3 Å². The van der Waals surface area contributed by atoms with E-state index < -0.39 is 0 Å². The summed E-state index contributed by atoms with van der Waals surface area (Å²) in [5.74, 6) is 0. The lowest BCUT2D eigenvalue weighted by Gasteiger charge is -2.31. The zero-order valence-electron chi connectivity index (χ0n) is 17.2. The number of allylic oxidation sites excluding steroid dienone is 2. The molecule has 2 heteroatoms. The fraction of sp³-hybridized carbons (Fsp3) is 0.103. The molecule has 31 heavy (non-hydrogen) atoms. The molecule has 1 aromatic heterocycles. The van der Waals surface area contributed by atoms with Gasteiger partial charge in [0.1, 0.15) is 11.2 Å². The Morgan fingerprint density at radius 2 is 1.61 bits per heavy atom. The molecule has 0 radical (unpaired) electrons. The third kappa shape index (κ3) is 2.22. The van der Waals surface area contributed by atoms with E-state index in [4.69, 9.17) is 4.42 Å². The van der Waals surface area contributed by atoms with Gasteiger partial charge >= 0.3 is 0 Å². The Hall–Kier alpha value is -3.78. The summed E-state index contributed by atoms with van der Waals surface area (Å²) in [4.78, 5) is 0. The Morgan fingerprint density at radius 3 is 2.55 bits per heavy atom. The first-order chi connectivity index (χ1) is 15.2. The molecule has 1 aliphatic carbocycles. The van der Waals surface area contributed by atoms with E-state index in [1.165, 1.54) is 38.4 Å². The van der Waals surface area contributed by atoms with Gasteiger partial charge in [0.15, 0.2) is 0 Å². The normalized spacial score (nSPS) is 21.8. The molecule has 1 aliphatic heterocycles. The van der Waals surface area contributed by atoms with Crippen molar-refractivity contribution in [1.29, 1.82) is 0 Å². The van der Waals surface area contributed by atoms with Gasteiger partial charge in [-0.15, -0.1) is 0 Å². The monoisotopic (exact) mass is 399 g/mol. The van der Waals surface area contributed by atoms with Crippen LogP contribution in [0.3, 0.4) is 0 Å². The first-order valence-corrected chi connectivity index (χ1v) is 10.8. The van der Waals surface area contributed by atoms with E-state index in [9.17, 15) is 0 Å². The molecule has 2 atom stereocenters. The molecule has 0 fully saturated rings. The van der Waals surface area contributed by atoms with E-state index in [1.807, 2.05) is 12.1 Å². The predicted molar refractivity (Wildman–Crippen MR) is 130 cm³/mol. The largest absolute Gasteiger partial charge is 0.455 e. The fourth-order valence-corrected chi connectivity index (χ4v) is 5.57. The number of benzene rings is 4. The maximum atomic E-state index is 6.33. The summed E-state index contributed by atoms with van der Waals surface area (Å²) >= 11 is 0. The molecule has 2 heterocycles. The van der Waals surface area contributed by atoms with Crippen molar-refractivity contribution in [2.24, 2.45) is 0 Å².